The highest BCUT2D eigenvalue weighted by Crippen LogP contribution is 2.30. The second-order valence-corrected chi connectivity index (χ2v) is 3.08. The van der Waals surface area contributed by atoms with Crippen molar-refractivity contribution in [2.75, 3.05) is 0 Å². The third-order valence-electron chi connectivity index (χ3n) is 1.90. The van der Waals surface area contributed by atoms with Crippen LogP contribution in [0.15, 0.2) is 24.3 Å². The summed E-state index contributed by atoms with van der Waals surface area (Å²) in [6.07, 6.45) is -2.90. The molecule has 0 radical (unpaired) electrons. The topological polar surface area (TPSA) is 61.1 Å². The molecule has 1 rings (SSSR count). The highest BCUT2D eigenvalue weighted by Gasteiger charge is 2.30. The fourth-order valence-electron chi connectivity index (χ4n) is 1.14. The fourth-order valence-corrected chi connectivity index (χ4v) is 1.14. The van der Waals surface area contributed by atoms with E-state index in [0.717, 1.165) is 24.3 Å². The SMILES string of the molecule is N#Cc1ccc(C(F)(F)F)cc1C=CC(=O)O. The molecule has 0 spiro atoms. The number of nitrogens with zero attached hydrogens (tertiary/aromatic N) is 1. The number of benzene rings is 1. The van der Waals surface area contributed by atoms with E-state index >= 15 is 0 Å². The molecule has 6 heteroatoms. The van der Waals surface area contributed by atoms with E-state index in [4.69, 9.17) is 10.4 Å². The van der Waals surface area contributed by atoms with Gasteiger partial charge in [-0.3, -0.25) is 0 Å². The summed E-state index contributed by atoms with van der Waals surface area (Å²) >= 11 is 0. The van der Waals surface area contributed by atoms with Crippen LogP contribution in [0.25, 0.3) is 6.08 Å². The minimum absolute atomic E-state index is 0.0181. The van der Waals surface area contributed by atoms with Gasteiger partial charge >= 0.3 is 12.1 Å². The molecule has 0 saturated heterocycles. The van der Waals surface area contributed by atoms with Crippen molar-refractivity contribution in [2.24, 2.45) is 0 Å². The number of hydrogen-bond donors (Lipinski definition) is 1. The quantitative estimate of drug-likeness (QED) is 0.809. The molecule has 0 aliphatic heterocycles. The Morgan fingerprint density at radius 1 is 1.41 bits per heavy atom. The Morgan fingerprint density at radius 3 is 2.53 bits per heavy atom. The van der Waals surface area contributed by atoms with Crippen LogP contribution in [-0.2, 0) is 11.0 Å². The van der Waals surface area contributed by atoms with Crippen molar-refractivity contribution >= 4 is 12.0 Å². The Morgan fingerprint density at radius 2 is 2.06 bits per heavy atom. The zero-order valence-corrected chi connectivity index (χ0v) is 8.32. The standard InChI is InChI=1S/C11H6F3NO2/c12-11(13,14)9-3-1-8(6-15)7(5-9)2-4-10(16)17/h1-5H,(H,16,17). The average molecular weight is 241 g/mol. The summed E-state index contributed by atoms with van der Waals surface area (Å²) in [7, 11) is 0. The van der Waals surface area contributed by atoms with Gasteiger partial charge in [0, 0.05) is 6.08 Å². The van der Waals surface area contributed by atoms with Crippen LogP contribution in [0, 0.1) is 11.3 Å². The molecule has 0 unspecified atom stereocenters. The van der Waals surface area contributed by atoms with Gasteiger partial charge in [0.2, 0.25) is 0 Å². The number of carbonyl (C=O) groups is 1. The van der Waals surface area contributed by atoms with Gasteiger partial charge in [-0.1, -0.05) is 0 Å². The van der Waals surface area contributed by atoms with Gasteiger partial charge < -0.3 is 5.11 Å². The summed E-state index contributed by atoms with van der Waals surface area (Å²) in [6.45, 7) is 0. The van der Waals surface area contributed by atoms with Crippen LogP contribution in [0.4, 0.5) is 13.2 Å². The predicted octanol–water partition coefficient (Wildman–Crippen LogP) is 2.67. The smallest absolute Gasteiger partial charge is 0.416 e. The molecular formula is C11H6F3NO2. The molecule has 3 nitrogen and oxygen atoms in total. The van der Waals surface area contributed by atoms with Crippen molar-refractivity contribution in [2.45, 2.75) is 6.18 Å². The molecule has 0 amide bonds. The third kappa shape index (κ3) is 3.34. The molecular weight excluding hydrogens is 235 g/mol. The lowest BCUT2D eigenvalue weighted by Gasteiger charge is -2.07. The first-order chi connectivity index (χ1) is 7.84. The zero-order chi connectivity index (χ0) is 13.1. The first-order valence-corrected chi connectivity index (χ1v) is 4.37. The lowest BCUT2D eigenvalue weighted by atomic mass is 10.0. The van der Waals surface area contributed by atoms with E-state index in [-0.39, 0.29) is 11.1 Å². The molecule has 0 fully saturated rings. The molecule has 0 aliphatic carbocycles. The van der Waals surface area contributed by atoms with Crippen LogP contribution in [-0.4, -0.2) is 11.1 Å². The van der Waals surface area contributed by atoms with Gasteiger partial charge in [-0.15, -0.1) is 0 Å². The molecule has 0 bridgehead atoms. The van der Waals surface area contributed by atoms with Crippen LogP contribution < -0.4 is 0 Å². The predicted molar refractivity (Wildman–Crippen MR) is 52.8 cm³/mol. The van der Waals surface area contributed by atoms with Crippen molar-refractivity contribution in [1.82, 2.24) is 0 Å². The Kier molecular flexibility index (Phi) is 3.53. The van der Waals surface area contributed by atoms with E-state index in [1.165, 1.54) is 0 Å². The van der Waals surface area contributed by atoms with Crippen LogP contribution in [0.3, 0.4) is 0 Å². The molecule has 0 atom stereocenters. The van der Waals surface area contributed by atoms with E-state index in [2.05, 4.69) is 0 Å². The molecule has 17 heavy (non-hydrogen) atoms. The van der Waals surface area contributed by atoms with Crippen LogP contribution >= 0.6 is 0 Å². The summed E-state index contributed by atoms with van der Waals surface area (Å²) in [5.74, 6) is -1.30. The lowest BCUT2D eigenvalue weighted by molar-refractivity contribution is -0.137. The molecule has 1 aromatic rings. The second kappa shape index (κ2) is 4.70. The Hall–Kier alpha value is -2.29. The van der Waals surface area contributed by atoms with Crippen molar-refractivity contribution in [3.63, 3.8) is 0 Å². The maximum absolute atomic E-state index is 12.4. The summed E-state index contributed by atoms with van der Waals surface area (Å²) in [4.78, 5) is 10.3. The largest absolute Gasteiger partial charge is 0.478 e. The highest BCUT2D eigenvalue weighted by molar-refractivity contribution is 5.85. The third-order valence-corrected chi connectivity index (χ3v) is 1.90. The molecule has 0 aliphatic rings. The maximum Gasteiger partial charge on any atom is 0.416 e. The fraction of sp³-hybridized carbons (Fsp3) is 0.0909. The summed E-state index contributed by atoms with van der Waals surface area (Å²) in [5.41, 5.74) is -1.03. The van der Waals surface area contributed by atoms with E-state index in [1.54, 1.807) is 6.07 Å². The van der Waals surface area contributed by atoms with Crippen molar-refractivity contribution < 1.29 is 23.1 Å². The van der Waals surface area contributed by atoms with Gasteiger partial charge in [-0.25, -0.2) is 4.79 Å². The van der Waals surface area contributed by atoms with Gasteiger partial charge in [-0.2, -0.15) is 18.4 Å². The number of halogens is 3. The normalized spacial score (nSPS) is 11.4. The number of alkyl halides is 3. The van der Waals surface area contributed by atoms with Crippen LogP contribution in [0.5, 0.6) is 0 Å². The number of nitriles is 1. The van der Waals surface area contributed by atoms with Gasteiger partial charge in [0.25, 0.3) is 0 Å². The number of hydrogen-bond acceptors (Lipinski definition) is 2. The van der Waals surface area contributed by atoms with Gasteiger partial charge in [0.15, 0.2) is 0 Å². The Balaban J connectivity index is 3.26. The first kappa shape index (κ1) is 12.8. The lowest BCUT2D eigenvalue weighted by Crippen LogP contribution is -2.05. The number of carboxylic acid groups (broad SMARTS) is 1. The zero-order valence-electron chi connectivity index (χ0n) is 8.32. The number of rotatable bonds is 2. The summed E-state index contributed by atoms with van der Waals surface area (Å²) < 4.78 is 37.1. The summed E-state index contributed by atoms with van der Waals surface area (Å²) in [5, 5.41) is 17.0. The van der Waals surface area contributed by atoms with Gasteiger partial charge in [0.05, 0.1) is 17.2 Å². The van der Waals surface area contributed by atoms with E-state index < -0.39 is 17.7 Å². The van der Waals surface area contributed by atoms with Crippen molar-refractivity contribution in [3.05, 3.63) is 41.0 Å². The van der Waals surface area contributed by atoms with Crippen molar-refractivity contribution in [3.8, 4) is 6.07 Å². The van der Waals surface area contributed by atoms with E-state index in [1.807, 2.05) is 0 Å². The average Bonchev–Trinajstić information content (AvgIpc) is 2.24. The molecule has 1 N–H and O–H groups in total. The van der Waals surface area contributed by atoms with Crippen LogP contribution in [0.1, 0.15) is 16.7 Å². The van der Waals surface area contributed by atoms with Crippen LogP contribution in [0.2, 0.25) is 0 Å². The molecule has 0 heterocycles. The van der Waals surface area contributed by atoms with Crippen molar-refractivity contribution in [1.29, 1.82) is 5.26 Å². The monoisotopic (exact) mass is 241 g/mol. The second-order valence-electron chi connectivity index (χ2n) is 3.08. The van der Waals surface area contributed by atoms with Gasteiger partial charge in [0.1, 0.15) is 0 Å². The summed E-state index contributed by atoms with van der Waals surface area (Å²) in [6, 6.07) is 4.20. The van der Waals surface area contributed by atoms with E-state index in [9.17, 15) is 18.0 Å². The Labute approximate surface area is 94.4 Å². The number of aliphatic carboxylic acids is 1. The van der Waals surface area contributed by atoms with Gasteiger partial charge in [-0.05, 0) is 29.8 Å². The minimum atomic E-state index is -4.53. The maximum atomic E-state index is 12.4. The molecule has 0 saturated carbocycles. The Bertz CT molecular complexity index is 512. The number of carboxylic acids is 1. The minimum Gasteiger partial charge on any atom is -0.478 e. The highest BCUT2D eigenvalue weighted by atomic mass is 19.4. The first-order valence-electron chi connectivity index (χ1n) is 4.37. The molecule has 0 aromatic heterocycles. The molecule has 88 valence electrons. The molecule has 1 aromatic carbocycles. The van der Waals surface area contributed by atoms with E-state index in [0.29, 0.717) is 6.08 Å².